The molecule has 0 saturated carbocycles. The van der Waals surface area contributed by atoms with Crippen LogP contribution in [0.3, 0.4) is 0 Å². The van der Waals surface area contributed by atoms with Crippen LogP contribution in [0.2, 0.25) is 0 Å². The Labute approximate surface area is 186 Å². The lowest BCUT2D eigenvalue weighted by molar-refractivity contribution is -0.142. The SMILES string of the molecule is CCC(C)CC(OC(CC(C)CC)C(C)(C)CC(C)(C)C)C(C)(C)CC(C)(C)C. The molecule has 0 saturated heterocycles. The molecule has 0 heterocycles. The highest BCUT2D eigenvalue weighted by Crippen LogP contribution is 2.45. The van der Waals surface area contributed by atoms with Crippen LogP contribution >= 0.6 is 0 Å². The van der Waals surface area contributed by atoms with Gasteiger partial charge >= 0.3 is 0 Å². The van der Waals surface area contributed by atoms with E-state index in [0.717, 1.165) is 0 Å². The fourth-order valence-electron chi connectivity index (χ4n) is 5.34. The minimum absolute atomic E-state index is 0.174. The largest absolute Gasteiger partial charge is 0.374 e. The van der Waals surface area contributed by atoms with Crippen molar-refractivity contribution in [3.8, 4) is 0 Å². The van der Waals surface area contributed by atoms with Gasteiger partial charge < -0.3 is 4.74 Å². The summed E-state index contributed by atoms with van der Waals surface area (Å²) in [5.41, 5.74) is 0.974. The van der Waals surface area contributed by atoms with Crippen molar-refractivity contribution in [1.82, 2.24) is 0 Å². The maximum Gasteiger partial charge on any atom is 0.0632 e. The van der Waals surface area contributed by atoms with Crippen molar-refractivity contribution in [1.29, 1.82) is 0 Å². The highest BCUT2D eigenvalue weighted by molar-refractivity contribution is 4.90. The summed E-state index contributed by atoms with van der Waals surface area (Å²) < 4.78 is 7.22. The van der Waals surface area contributed by atoms with Crippen LogP contribution in [0, 0.1) is 33.5 Å². The van der Waals surface area contributed by atoms with Gasteiger partial charge in [0.2, 0.25) is 0 Å². The molecular formula is C28H58O. The molecule has 0 aliphatic rings. The third-order valence-electron chi connectivity index (χ3n) is 6.67. The molecule has 29 heavy (non-hydrogen) atoms. The quantitative estimate of drug-likeness (QED) is 0.311. The smallest absolute Gasteiger partial charge is 0.0632 e. The second-order valence-corrected chi connectivity index (χ2v) is 14.1. The van der Waals surface area contributed by atoms with Gasteiger partial charge in [-0.1, -0.05) is 110 Å². The minimum atomic E-state index is 0.174. The first-order valence-electron chi connectivity index (χ1n) is 12.5. The molecule has 0 aliphatic heterocycles. The van der Waals surface area contributed by atoms with Gasteiger partial charge in [-0.15, -0.1) is 0 Å². The lowest BCUT2D eigenvalue weighted by Gasteiger charge is -2.46. The first kappa shape index (κ1) is 29.0. The summed E-state index contributed by atoms with van der Waals surface area (Å²) in [6.45, 7) is 33.4. The summed E-state index contributed by atoms with van der Waals surface area (Å²) in [6, 6.07) is 0. The Morgan fingerprint density at radius 1 is 0.552 bits per heavy atom. The normalized spacial score (nSPS) is 18.4. The summed E-state index contributed by atoms with van der Waals surface area (Å²) >= 11 is 0. The predicted octanol–water partition coefficient (Wildman–Crippen LogP) is 9.54. The molecule has 1 nitrogen and oxygen atoms in total. The van der Waals surface area contributed by atoms with Crippen LogP contribution in [-0.2, 0) is 4.74 Å². The second-order valence-electron chi connectivity index (χ2n) is 14.1. The van der Waals surface area contributed by atoms with Crippen LogP contribution in [0.15, 0.2) is 0 Å². The van der Waals surface area contributed by atoms with E-state index in [9.17, 15) is 0 Å². The van der Waals surface area contributed by atoms with E-state index < -0.39 is 0 Å². The molecule has 0 aromatic heterocycles. The van der Waals surface area contributed by atoms with Crippen molar-refractivity contribution >= 4 is 0 Å². The summed E-state index contributed by atoms with van der Waals surface area (Å²) in [4.78, 5) is 0. The summed E-state index contributed by atoms with van der Waals surface area (Å²) in [7, 11) is 0. The van der Waals surface area contributed by atoms with E-state index in [2.05, 4.69) is 96.9 Å². The molecule has 4 unspecified atom stereocenters. The molecule has 0 aromatic rings. The van der Waals surface area contributed by atoms with E-state index in [1.54, 1.807) is 0 Å². The molecule has 0 rings (SSSR count). The van der Waals surface area contributed by atoms with Gasteiger partial charge in [-0.2, -0.15) is 0 Å². The topological polar surface area (TPSA) is 9.23 Å². The molecule has 0 N–H and O–H groups in total. The molecule has 0 spiro atoms. The van der Waals surface area contributed by atoms with Crippen molar-refractivity contribution in [3.63, 3.8) is 0 Å². The standard InChI is InChI=1S/C28H58O/c1-15-21(3)17-23(27(11,12)19-25(5,6)7)29-24(18-22(4)16-2)28(13,14)20-26(8,9)10/h21-24H,15-20H2,1-14H3. The minimum Gasteiger partial charge on any atom is -0.374 e. The number of hydrogen-bond donors (Lipinski definition) is 0. The van der Waals surface area contributed by atoms with Gasteiger partial charge in [0.15, 0.2) is 0 Å². The van der Waals surface area contributed by atoms with Crippen molar-refractivity contribution in [2.75, 3.05) is 0 Å². The lowest BCUT2D eigenvalue weighted by Crippen LogP contribution is -2.44. The molecule has 0 aliphatic carbocycles. The van der Waals surface area contributed by atoms with Gasteiger partial charge in [0, 0.05) is 0 Å². The summed E-state index contributed by atoms with van der Waals surface area (Å²) in [6.07, 6.45) is 7.80. The summed E-state index contributed by atoms with van der Waals surface area (Å²) in [5.74, 6) is 1.41. The Balaban J connectivity index is 5.89. The molecular weight excluding hydrogens is 352 g/mol. The van der Waals surface area contributed by atoms with E-state index in [1.807, 2.05) is 0 Å². The van der Waals surface area contributed by atoms with Gasteiger partial charge in [0.05, 0.1) is 12.2 Å². The van der Waals surface area contributed by atoms with Crippen LogP contribution in [0.25, 0.3) is 0 Å². The Morgan fingerprint density at radius 2 is 0.828 bits per heavy atom. The first-order chi connectivity index (χ1) is 12.8. The first-order valence-corrected chi connectivity index (χ1v) is 12.5. The maximum absolute atomic E-state index is 7.22. The molecule has 1 heteroatoms. The zero-order valence-electron chi connectivity index (χ0n) is 23.0. The number of ether oxygens (including phenoxy) is 1. The van der Waals surface area contributed by atoms with Crippen LogP contribution in [-0.4, -0.2) is 12.2 Å². The molecule has 4 atom stereocenters. The third-order valence-corrected chi connectivity index (χ3v) is 6.67. The van der Waals surface area contributed by atoms with Crippen LogP contribution < -0.4 is 0 Å². The molecule has 0 amide bonds. The van der Waals surface area contributed by atoms with Crippen LogP contribution in [0.5, 0.6) is 0 Å². The van der Waals surface area contributed by atoms with E-state index in [1.165, 1.54) is 38.5 Å². The van der Waals surface area contributed by atoms with Crippen molar-refractivity contribution in [2.45, 2.75) is 148 Å². The molecule has 0 bridgehead atoms. The van der Waals surface area contributed by atoms with Gasteiger partial charge in [-0.3, -0.25) is 0 Å². The highest BCUT2D eigenvalue weighted by Gasteiger charge is 2.41. The lowest BCUT2D eigenvalue weighted by atomic mass is 9.69. The molecule has 0 radical (unpaired) electrons. The van der Waals surface area contributed by atoms with Gasteiger partial charge in [0.25, 0.3) is 0 Å². The summed E-state index contributed by atoms with van der Waals surface area (Å²) in [5, 5.41) is 0. The average Bonchev–Trinajstić information content (AvgIpc) is 2.48. The zero-order valence-corrected chi connectivity index (χ0v) is 23.0. The highest BCUT2D eigenvalue weighted by atomic mass is 16.5. The number of hydrogen-bond acceptors (Lipinski definition) is 1. The Bertz CT molecular complexity index is 404. The Hall–Kier alpha value is -0.0400. The van der Waals surface area contributed by atoms with Gasteiger partial charge in [-0.25, -0.2) is 0 Å². The average molecular weight is 411 g/mol. The Kier molecular flexibility index (Phi) is 11.0. The van der Waals surface area contributed by atoms with E-state index >= 15 is 0 Å². The van der Waals surface area contributed by atoms with E-state index in [-0.39, 0.29) is 10.8 Å². The monoisotopic (exact) mass is 410 g/mol. The second kappa shape index (κ2) is 11.0. The van der Waals surface area contributed by atoms with E-state index in [4.69, 9.17) is 4.74 Å². The van der Waals surface area contributed by atoms with Crippen molar-refractivity contribution < 1.29 is 4.74 Å². The van der Waals surface area contributed by atoms with Crippen LogP contribution in [0.1, 0.15) is 135 Å². The van der Waals surface area contributed by atoms with Gasteiger partial charge in [-0.05, 0) is 59.2 Å². The predicted molar refractivity (Wildman–Crippen MR) is 133 cm³/mol. The van der Waals surface area contributed by atoms with Crippen molar-refractivity contribution in [3.05, 3.63) is 0 Å². The fourth-order valence-corrected chi connectivity index (χ4v) is 5.34. The molecule has 0 fully saturated rings. The van der Waals surface area contributed by atoms with Crippen molar-refractivity contribution in [2.24, 2.45) is 33.5 Å². The third kappa shape index (κ3) is 11.8. The Morgan fingerprint density at radius 3 is 1.03 bits per heavy atom. The maximum atomic E-state index is 7.22. The van der Waals surface area contributed by atoms with Crippen LogP contribution in [0.4, 0.5) is 0 Å². The fraction of sp³-hybridized carbons (Fsp3) is 1.00. The zero-order chi connectivity index (χ0) is 23.3. The molecule has 0 aromatic carbocycles. The number of rotatable bonds is 12. The van der Waals surface area contributed by atoms with E-state index in [0.29, 0.717) is 34.9 Å². The molecule has 176 valence electrons. The van der Waals surface area contributed by atoms with Gasteiger partial charge in [0.1, 0.15) is 0 Å².